The molecule has 1 amide bonds. The first-order valence-electron chi connectivity index (χ1n) is 4.01. The maximum Gasteiger partial charge on any atom is 0.251 e. The van der Waals surface area contributed by atoms with Gasteiger partial charge in [0.15, 0.2) is 11.0 Å². The Morgan fingerprint density at radius 2 is 2.20 bits per heavy atom. The van der Waals surface area contributed by atoms with Crippen LogP contribution in [-0.2, 0) is 0 Å². The highest BCUT2D eigenvalue weighted by atomic mass is 35.5. The number of carbonyl (C=O) groups excluding carboxylic acids is 1. The van der Waals surface area contributed by atoms with Crippen LogP contribution in [-0.4, -0.2) is 25.9 Å². The van der Waals surface area contributed by atoms with Crippen LogP contribution in [0.4, 0.5) is 0 Å². The monoisotopic (exact) mass is 223 g/mol. The van der Waals surface area contributed by atoms with Crippen LogP contribution in [0.1, 0.15) is 10.4 Å². The fourth-order valence-corrected chi connectivity index (χ4v) is 1.11. The van der Waals surface area contributed by atoms with Crippen molar-refractivity contribution in [3.8, 4) is 5.82 Å². The molecule has 6 nitrogen and oxygen atoms in total. The van der Waals surface area contributed by atoms with Crippen molar-refractivity contribution in [3.63, 3.8) is 0 Å². The molecule has 0 saturated carbocycles. The molecular formula is C8H6ClN5O. The summed E-state index contributed by atoms with van der Waals surface area (Å²) in [6.07, 6.45) is 2.83. The molecule has 0 unspecified atom stereocenters. The van der Waals surface area contributed by atoms with Gasteiger partial charge in [-0.1, -0.05) is 11.6 Å². The molecule has 0 saturated heterocycles. The third-order valence-corrected chi connectivity index (χ3v) is 1.92. The summed E-state index contributed by atoms with van der Waals surface area (Å²) in [6.45, 7) is 0. The average molecular weight is 224 g/mol. The summed E-state index contributed by atoms with van der Waals surface area (Å²) in [5.41, 5.74) is 5.39. The van der Waals surface area contributed by atoms with Crippen LogP contribution in [0, 0.1) is 0 Å². The van der Waals surface area contributed by atoms with Gasteiger partial charge in [0.2, 0.25) is 0 Å². The van der Waals surface area contributed by atoms with Crippen LogP contribution in [0.5, 0.6) is 0 Å². The number of nitrogens with two attached hydrogens (primary N) is 1. The zero-order chi connectivity index (χ0) is 10.8. The van der Waals surface area contributed by atoms with Gasteiger partial charge in [-0.2, -0.15) is 5.10 Å². The lowest BCUT2D eigenvalue weighted by Crippen LogP contribution is -2.09. The van der Waals surface area contributed by atoms with Crippen LogP contribution >= 0.6 is 11.6 Å². The number of hydrogen-bond donors (Lipinski definition) is 1. The van der Waals surface area contributed by atoms with E-state index >= 15 is 0 Å². The van der Waals surface area contributed by atoms with Crippen LogP contribution in [0.3, 0.4) is 0 Å². The minimum absolute atomic E-state index is 0.293. The Hall–Kier alpha value is -1.95. The molecule has 7 heteroatoms. The van der Waals surface area contributed by atoms with E-state index in [0.29, 0.717) is 16.5 Å². The summed E-state index contributed by atoms with van der Waals surface area (Å²) in [6, 6.07) is 3.21. The summed E-state index contributed by atoms with van der Waals surface area (Å²) in [4.78, 5) is 10.8. The normalized spacial score (nSPS) is 10.2. The summed E-state index contributed by atoms with van der Waals surface area (Å²) in [7, 11) is 0. The lowest BCUT2D eigenvalue weighted by Gasteiger charge is -1.97. The van der Waals surface area contributed by atoms with E-state index in [1.54, 1.807) is 12.1 Å². The maximum atomic E-state index is 10.8. The molecule has 0 spiro atoms. The number of hydrogen-bond acceptors (Lipinski definition) is 4. The Kier molecular flexibility index (Phi) is 2.34. The largest absolute Gasteiger partial charge is 0.366 e. The molecule has 76 valence electrons. The van der Waals surface area contributed by atoms with Crippen molar-refractivity contribution in [2.24, 2.45) is 5.73 Å². The second kappa shape index (κ2) is 3.66. The van der Waals surface area contributed by atoms with Gasteiger partial charge in [-0.15, -0.1) is 10.2 Å². The summed E-state index contributed by atoms with van der Waals surface area (Å²) in [5, 5.41) is 11.6. The molecule has 2 aromatic rings. The number of rotatable bonds is 2. The Morgan fingerprint density at radius 3 is 2.73 bits per heavy atom. The highest BCUT2D eigenvalue weighted by Crippen LogP contribution is 2.07. The number of nitrogens with zero attached hydrogens (tertiary/aromatic N) is 4. The molecule has 0 fully saturated rings. The fraction of sp³-hybridized carbons (Fsp3) is 0. The molecule has 2 aromatic heterocycles. The van der Waals surface area contributed by atoms with Gasteiger partial charge in [-0.25, -0.2) is 4.68 Å². The third-order valence-electron chi connectivity index (χ3n) is 1.72. The van der Waals surface area contributed by atoms with Gasteiger partial charge >= 0.3 is 0 Å². The molecule has 0 aliphatic rings. The van der Waals surface area contributed by atoms with E-state index in [9.17, 15) is 4.79 Å². The van der Waals surface area contributed by atoms with E-state index in [1.165, 1.54) is 17.1 Å². The number of primary amides is 1. The van der Waals surface area contributed by atoms with E-state index in [-0.39, 0.29) is 0 Å². The van der Waals surface area contributed by atoms with Crippen molar-refractivity contribution in [2.75, 3.05) is 0 Å². The van der Waals surface area contributed by atoms with E-state index in [0.717, 1.165) is 0 Å². The number of aromatic nitrogens is 4. The van der Waals surface area contributed by atoms with Crippen molar-refractivity contribution < 1.29 is 4.79 Å². The first-order valence-corrected chi connectivity index (χ1v) is 4.38. The van der Waals surface area contributed by atoms with Crippen molar-refractivity contribution in [1.29, 1.82) is 0 Å². The minimum Gasteiger partial charge on any atom is -0.366 e. The van der Waals surface area contributed by atoms with Gasteiger partial charge in [0, 0.05) is 6.20 Å². The van der Waals surface area contributed by atoms with E-state index in [1.807, 2.05) is 0 Å². The second-order valence-corrected chi connectivity index (χ2v) is 3.14. The Morgan fingerprint density at radius 1 is 1.40 bits per heavy atom. The number of carbonyl (C=O) groups is 1. The van der Waals surface area contributed by atoms with E-state index in [4.69, 9.17) is 17.3 Å². The smallest absolute Gasteiger partial charge is 0.251 e. The first-order chi connectivity index (χ1) is 7.16. The quantitative estimate of drug-likeness (QED) is 0.799. The molecule has 0 radical (unpaired) electrons. The minimum atomic E-state index is -0.539. The zero-order valence-electron chi connectivity index (χ0n) is 7.46. The standard InChI is InChI=1S/C8H6ClN5O/c9-6-1-2-7(13-12-6)14-4-5(3-11-14)8(10)15/h1-4H,(H2,10,15). The summed E-state index contributed by atoms with van der Waals surface area (Å²) in [5.74, 6) is -0.0740. The van der Waals surface area contributed by atoms with Crippen LogP contribution in [0.25, 0.3) is 5.82 Å². The second-order valence-electron chi connectivity index (χ2n) is 2.75. The molecule has 0 bridgehead atoms. The Labute approximate surface area is 89.7 Å². The molecule has 2 heterocycles. The third kappa shape index (κ3) is 1.94. The van der Waals surface area contributed by atoms with Gasteiger partial charge in [0.1, 0.15) is 0 Å². The molecule has 0 atom stereocenters. The molecule has 0 aliphatic heterocycles. The lowest BCUT2D eigenvalue weighted by atomic mass is 10.3. The zero-order valence-corrected chi connectivity index (χ0v) is 8.22. The SMILES string of the molecule is NC(=O)c1cnn(-c2ccc(Cl)nn2)c1. The highest BCUT2D eigenvalue weighted by molar-refractivity contribution is 6.29. The van der Waals surface area contributed by atoms with Crippen LogP contribution in [0.2, 0.25) is 5.15 Å². The topological polar surface area (TPSA) is 86.7 Å². The number of amides is 1. The molecule has 0 aliphatic carbocycles. The predicted octanol–water partition coefficient (Wildman–Crippen LogP) is 0.415. The predicted molar refractivity (Wildman–Crippen MR) is 52.7 cm³/mol. The van der Waals surface area contributed by atoms with Crippen LogP contribution < -0.4 is 5.73 Å². The number of halogens is 1. The van der Waals surface area contributed by atoms with Crippen molar-refractivity contribution in [2.45, 2.75) is 0 Å². The summed E-state index contributed by atoms with van der Waals surface area (Å²) >= 11 is 5.58. The molecule has 2 N–H and O–H groups in total. The van der Waals surface area contributed by atoms with Crippen LogP contribution in [0.15, 0.2) is 24.5 Å². The van der Waals surface area contributed by atoms with Gasteiger partial charge in [0.25, 0.3) is 5.91 Å². The van der Waals surface area contributed by atoms with Gasteiger partial charge in [-0.05, 0) is 12.1 Å². The van der Waals surface area contributed by atoms with Gasteiger partial charge in [0.05, 0.1) is 11.8 Å². The highest BCUT2D eigenvalue weighted by Gasteiger charge is 2.06. The van der Waals surface area contributed by atoms with Crippen molar-refractivity contribution >= 4 is 17.5 Å². The fourth-order valence-electron chi connectivity index (χ4n) is 1.01. The van der Waals surface area contributed by atoms with Gasteiger partial charge < -0.3 is 5.73 Å². The molecular weight excluding hydrogens is 218 g/mol. The van der Waals surface area contributed by atoms with E-state index in [2.05, 4.69) is 15.3 Å². The van der Waals surface area contributed by atoms with Crippen molar-refractivity contribution in [3.05, 3.63) is 35.2 Å². The van der Waals surface area contributed by atoms with Crippen molar-refractivity contribution in [1.82, 2.24) is 20.0 Å². The molecule has 15 heavy (non-hydrogen) atoms. The lowest BCUT2D eigenvalue weighted by molar-refractivity contribution is 0.100. The Balaban J connectivity index is 2.37. The van der Waals surface area contributed by atoms with E-state index < -0.39 is 5.91 Å². The summed E-state index contributed by atoms with van der Waals surface area (Å²) < 4.78 is 1.39. The molecule has 2 rings (SSSR count). The van der Waals surface area contributed by atoms with Gasteiger partial charge in [-0.3, -0.25) is 4.79 Å². The maximum absolute atomic E-state index is 10.8. The average Bonchev–Trinajstić information content (AvgIpc) is 2.68. The Bertz CT molecular complexity index is 492. The molecule has 0 aromatic carbocycles. The first kappa shape index (κ1) is 9.60.